The molecule has 17 heavy (non-hydrogen) atoms. The molecule has 1 aliphatic heterocycles. The standard InChI is InChI=1S/C13H18N2O2/c1-16-11-5-2-3-6-12(11)17-10-9-15-13-7-4-8-14-13/h2-3,5-6H,4,7-10H2,1H3,(H,14,15)/p+1. The number of ether oxygens (including phenoxy) is 2. The van der Waals surface area contributed by atoms with Gasteiger partial charge in [0, 0.05) is 0 Å². The summed E-state index contributed by atoms with van der Waals surface area (Å²) < 4.78 is 10.9. The van der Waals surface area contributed by atoms with E-state index in [2.05, 4.69) is 10.3 Å². The van der Waals surface area contributed by atoms with E-state index >= 15 is 0 Å². The lowest BCUT2D eigenvalue weighted by Gasteiger charge is -2.09. The first-order valence-electron chi connectivity index (χ1n) is 5.99. The van der Waals surface area contributed by atoms with E-state index < -0.39 is 0 Å². The molecule has 92 valence electrons. The number of para-hydroxylation sites is 2. The fourth-order valence-corrected chi connectivity index (χ4v) is 1.84. The van der Waals surface area contributed by atoms with Crippen molar-refractivity contribution in [2.24, 2.45) is 0 Å². The molecule has 0 spiro atoms. The molecule has 0 fully saturated rings. The Morgan fingerprint density at radius 3 is 2.82 bits per heavy atom. The Kier molecular flexibility index (Phi) is 4.24. The van der Waals surface area contributed by atoms with Gasteiger partial charge in [0.1, 0.15) is 13.2 Å². The number of methoxy groups -OCH3 is 1. The molecule has 0 unspecified atom stereocenters. The van der Waals surface area contributed by atoms with Gasteiger partial charge in [-0.2, -0.15) is 0 Å². The summed E-state index contributed by atoms with van der Waals surface area (Å²) in [6.07, 6.45) is 2.34. The molecule has 0 bridgehead atoms. The highest BCUT2D eigenvalue weighted by atomic mass is 16.5. The smallest absolute Gasteiger partial charge is 0.242 e. The van der Waals surface area contributed by atoms with Crippen LogP contribution in [0.1, 0.15) is 12.8 Å². The predicted octanol–water partition coefficient (Wildman–Crippen LogP) is -0.0635. The maximum absolute atomic E-state index is 5.66. The normalized spacial score (nSPS) is 14.3. The van der Waals surface area contributed by atoms with Gasteiger partial charge in [0.15, 0.2) is 11.5 Å². The van der Waals surface area contributed by atoms with E-state index in [0.29, 0.717) is 6.61 Å². The molecular formula is C13H19N2O2+. The molecule has 2 rings (SSSR count). The van der Waals surface area contributed by atoms with E-state index in [1.54, 1.807) is 7.11 Å². The van der Waals surface area contributed by atoms with Crippen LogP contribution in [-0.4, -0.2) is 32.6 Å². The molecule has 4 heteroatoms. The van der Waals surface area contributed by atoms with Crippen LogP contribution in [0.2, 0.25) is 0 Å². The fourth-order valence-electron chi connectivity index (χ4n) is 1.84. The average Bonchev–Trinajstić information content (AvgIpc) is 2.88. The summed E-state index contributed by atoms with van der Waals surface area (Å²) in [6.45, 7) is 2.52. The Labute approximate surface area is 102 Å². The molecule has 1 aliphatic rings. The maximum Gasteiger partial charge on any atom is 0.242 e. The van der Waals surface area contributed by atoms with Crippen molar-refractivity contribution in [1.82, 2.24) is 5.32 Å². The van der Waals surface area contributed by atoms with E-state index in [9.17, 15) is 0 Å². The summed E-state index contributed by atoms with van der Waals surface area (Å²) in [7, 11) is 1.65. The molecule has 0 radical (unpaired) electrons. The molecular weight excluding hydrogens is 216 g/mol. The second-order valence-electron chi connectivity index (χ2n) is 3.93. The van der Waals surface area contributed by atoms with Crippen LogP contribution in [0.25, 0.3) is 0 Å². The molecule has 4 nitrogen and oxygen atoms in total. The second kappa shape index (κ2) is 6.13. The van der Waals surface area contributed by atoms with Crippen molar-refractivity contribution in [2.75, 3.05) is 26.8 Å². The van der Waals surface area contributed by atoms with Gasteiger partial charge in [-0.25, -0.2) is 0 Å². The quantitative estimate of drug-likeness (QED) is 0.703. The zero-order valence-corrected chi connectivity index (χ0v) is 10.2. The summed E-state index contributed by atoms with van der Waals surface area (Å²) >= 11 is 0. The highest BCUT2D eigenvalue weighted by molar-refractivity contribution is 5.77. The van der Waals surface area contributed by atoms with Gasteiger partial charge in [-0.3, -0.25) is 10.3 Å². The number of rotatable bonds is 5. The predicted molar refractivity (Wildman–Crippen MR) is 66.6 cm³/mol. The SMILES string of the molecule is COc1ccccc1OCCNC1=[NH+]CCC1. The second-order valence-corrected chi connectivity index (χ2v) is 3.93. The molecule has 0 saturated heterocycles. The lowest BCUT2D eigenvalue weighted by Crippen LogP contribution is -2.72. The van der Waals surface area contributed by atoms with Crippen LogP contribution in [0, 0.1) is 0 Å². The third-order valence-corrected chi connectivity index (χ3v) is 2.71. The number of amidine groups is 1. The number of hydrogen-bond donors (Lipinski definition) is 2. The van der Waals surface area contributed by atoms with E-state index in [1.165, 1.54) is 12.3 Å². The van der Waals surface area contributed by atoms with Gasteiger partial charge in [-0.05, 0) is 18.6 Å². The Bertz CT molecular complexity index is 391. The highest BCUT2D eigenvalue weighted by Crippen LogP contribution is 2.25. The van der Waals surface area contributed by atoms with Gasteiger partial charge in [0.2, 0.25) is 5.84 Å². The van der Waals surface area contributed by atoms with Crippen LogP contribution in [0.5, 0.6) is 11.5 Å². The maximum atomic E-state index is 5.66. The molecule has 1 aromatic rings. The topological polar surface area (TPSA) is 44.5 Å². The average molecular weight is 235 g/mol. The van der Waals surface area contributed by atoms with Crippen molar-refractivity contribution in [3.05, 3.63) is 24.3 Å². The Morgan fingerprint density at radius 1 is 1.29 bits per heavy atom. The number of nitrogens with one attached hydrogen (secondary N) is 2. The van der Waals surface area contributed by atoms with E-state index in [-0.39, 0.29) is 0 Å². The fraction of sp³-hybridized carbons (Fsp3) is 0.462. The molecule has 0 atom stereocenters. The number of benzene rings is 1. The van der Waals surface area contributed by atoms with E-state index in [0.717, 1.165) is 31.0 Å². The molecule has 0 aliphatic carbocycles. The largest absolute Gasteiger partial charge is 0.493 e. The third-order valence-electron chi connectivity index (χ3n) is 2.71. The zero-order chi connectivity index (χ0) is 11.9. The molecule has 1 heterocycles. The van der Waals surface area contributed by atoms with E-state index in [1.807, 2.05) is 24.3 Å². The van der Waals surface area contributed by atoms with Gasteiger partial charge in [-0.1, -0.05) is 12.1 Å². The minimum absolute atomic E-state index is 0.631. The first kappa shape index (κ1) is 11.8. The van der Waals surface area contributed by atoms with Crippen LogP contribution in [-0.2, 0) is 0 Å². The highest BCUT2D eigenvalue weighted by Gasteiger charge is 2.11. The molecule has 2 N–H and O–H groups in total. The molecule has 0 amide bonds. The zero-order valence-electron chi connectivity index (χ0n) is 10.2. The van der Waals surface area contributed by atoms with Crippen molar-refractivity contribution < 1.29 is 14.5 Å². The van der Waals surface area contributed by atoms with Crippen molar-refractivity contribution in [2.45, 2.75) is 12.8 Å². The van der Waals surface area contributed by atoms with Crippen LogP contribution in [0.3, 0.4) is 0 Å². The summed E-state index contributed by atoms with van der Waals surface area (Å²) in [5.41, 5.74) is 0. The molecule has 0 saturated carbocycles. The van der Waals surface area contributed by atoms with Gasteiger partial charge in [-0.15, -0.1) is 0 Å². The minimum Gasteiger partial charge on any atom is -0.493 e. The lowest BCUT2D eigenvalue weighted by atomic mass is 10.3. The van der Waals surface area contributed by atoms with Crippen LogP contribution in [0.4, 0.5) is 0 Å². The summed E-state index contributed by atoms with van der Waals surface area (Å²) in [6, 6.07) is 7.69. The first-order valence-corrected chi connectivity index (χ1v) is 5.99. The summed E-state index contributed by atoms with van der Waals surface area (Å²) in [5, 5.41) is 3.33. The summed E-state index contributed by atoms with van der Waals surface area (Å²) in [5.74, 6) is 2.80. The summed E-state index contributed by atoms with van der Waals surface area (Å²) in [4.78, 5) is 3.30. The monoisotopic (exact) mass is 235 g/mol. The van der Waals surface area contributed by atoms with Crippen molar-refractivity contribution in [3.63, 3.8) is 0 Å². The first-order chi connectivity index (χ1) is 8.40. The van der Waals surface area contributed by atoms with Gasteiger partial charge >= 0.3 is 0 Å². The van der Waals surface area contributed by atoms with Crippen molar-refractivity contribution in [1.29, 1.82) is 0 Å². The Morgan fingerprint density at radius 2 is 2.12 bits per heavy atom. The van der Waals surface area contributed by atoms with Crippen LogP contribution in [0.15, 0.2) is 24.3 Å². The third kappa shape index (κ3) is 3.37. The lowest BCUT2D eigenvalue weighted by molar-refractivity contribution is -0.449. The van der Waals surface area contributed by atoms with Crippen LogP contribution < -0.4 is 19.8 Å². The number of hydrogen-bond acceptors (Lipinski definition) is 3. The Balaban J connectivity index is 1.74. The molecule has 1 aromatic carbocycles. The van der Waals surface area contributed by atoms with E-state index in [4.69, 9.17) is 9.47 Å². The minimum atomic E-state index is 0.631. The van der Waals surface area contributed by atoms with Gasteiger partial charge in [0.25, 0.3) is 0 Å². The Hall–Kier alpha value is -1.71. The van der Waals surface area contributed by atoms with Crippen LogP contribution >= 0.6 is 0 Å². The molecule has 0 aromatic heterocycles. The van der Waals surface area contributed by atoms with Crippen molar-refractivity contribution in [3.8, 4) is 11.5 Å². The van der Waals surface area contributed by atoms with Gasteiger partial charge in [0.05, 0.1) is 20.1 Å². The van der Waals surface area contributed by atoms with Crippen molar-refractivity contribution >= 4 is 5.84 Å². The van der Waals surface area contributed by atoms with Gasteiger partial charge < -0.3 is 9.47 Å².